The van der Waals surface area contributed by atoms with Crippen molar-refractivity contribution in [2.75, 3.05) is 0 Å². The first-order valence-corrected chi connectivity index (χ1v) is 2.86. The fourth-order valence-electron chi connectivity index (χ4n) is 0.316. The average molecular weight is 114 g/mol. The molecule has 0 aromatic rings. The maximum absolute atomic E-state index is 5.31. The summed E-state index contributed by atoms with van der Waals surface area (Å²) in [4.78, 5) is 0. The van der Waals surface area contributed by atoms with Crippen molar-refractivity contribution in [2.24, 2.45) is 5.73 Å². The molecular weight excluding hydrogens is 108 g/mol. The van der Waals surface area contributed by atoms with Crippen LogP contribution in [0.3, 0.4) is 0 Å². The molecule has 0 aliphatic carbocycles. The predicted molar refractivity (Wildman–Crippen MR) is 32.1 cm³/mol. The summed E-state index contributed by atoms with van der Waals surface area (Å²) in [5.41, 5.74) is 5.31. The van der Waals surface area contributed by atoms with E-state index in [0.29, 0.717) is 5.82 Å². The normalized spacial score (nSPS) is 18.0. The Balaban J connectivity index is 2.50. The molecule has 0 saturated carbocycles. The van der Waals surface area contributed by atoms with E-state index in [1.54, 1.807) is 18.0 Å². The summed E-state index contributed by atoms with van der Waals surface area (Å²) < 4.78 is 0. The Morgan fingerprint density at radius 3 is 2.86 bits per heavy atom. The van der Waals surface area contributed by atoms with Crippen LogP contribution >= 0.6 is 11.8 Å². The van der Waals surface area contributed by atoms with Crippen molar-refractivity contribution in [3.8, 4) is 0 Å². The largest absolute Gasteiger partial charge is 0.385 e. The van der Waals surface area contributed by atoms with Gasteiger partial charge in [-0.25, -0.2) is 0 Å². The van der Waals surface area contributed by atoms with Crippen molar-refractivity contribution in [3.63, 3.8) is 0 Å². The fourth-order valence-corrected chi connectivity index (χ4v) is 0.756. The van der Waals surface area contributed by atoms with Crippen molar-refractivity contribution in [1.29, 1.82) is 0 Å². The Labute approximate surface area is 46.5 Å². The summed E-state index contributed by atoms with van der Waals surface area (Å²) >= 11 is 1.57. The minimum Gasteiger partial charge on any atom is -0.385 e. The first kappa shape index (κ1) is 4.59. The Morgan fingerprint density at radius 1 is 1.71 bits per heavy atom. The molecule has 0 fully saturated rings. The second-order valence-corrected chi connectivity index (χ2v) is 1.94. The van der Waals surface area contributed by atoms with Crippen molar-refractivity contribution < 1.29 is 0 Å². The fraction of sp³-hybridized carbons (Fsp3) is 0. The summed E-state index contributed by atoms with van der Waals surface area (Å²) in [6.45, 7) is 0. The topological polar surface area (TPSA) is 38.0 Å². The Kier molecular flexibility index (Phi) is 1.26. The third-order valence-electron chi connectivity index (χ3n) is 0.592. The van der Waals surface area contributed by atoms with E-state index in [-0.39, 0.29) is 0 Å². The number of thioether (sulfide) groups is 1. The molecule has 0 bridgehead atoms. The van der Waals surface area contributed by atoms with Gasteiger partial charge in [-0.2, -0.15) is 0 Å². The lowest BCUT2D eigenvalue weighted by atomic mass is 10.8. The van der Waals surface area contributed by atoms with E-state index in [2.05, 4.69) is 5.32 Å². The van der Waals surface area contributed by atoms with E-state index in [1.165, 1.54) is 0 Å². The zero-order valence-electron chi connectivity index (χ0n) is 3.72. The molecule has 3 heteroatoms. The average Bonchev–Trinajstić information content (AvgIpc) is 1.69. The predicted octanol–water partition coefficient (Wildman–Crippen LogP) is 0.552. The Bertz CT molecular complexity index is 117. The number of nitrogens with one attached hydrogen (secondary N) is 1. The van der Waals surface area contributed by atoms with Gasteiger partial charge in [-0.15, -0.1) is 11.8 Å². The maximum atomic E-state index is 5.31. The van der Waals surface area contributed by atoms with Gasteiger partial charge in [0.2, 0.25) is 0 Å². The van der Waals surface area contributed by atoms with Gasteiger partial charge < -0.3 is 11.1 Å². The molecule has 0 aromatic carbocycles. The number of hydrogen-bond acceptors (Lipinski definition) is 3. The Morgan fingerprint density at radius 2 is 2.57 bits per heavy atom. The smallest absolute Gasteiger partial charge is 0.107 e. The van der Waals surface area contributed by atoms with Crippen LogP contribution in [0.15, 0.2) is 22.8 Å². The molecule has 1 heterocycles. The van der Waals surface area contributed by atoms with Crippen LogP contribution < -0.4 is 11.1 Å². The van der Waals surface area contributed by atoms with Gasteiger partial charge in [0.05, 0.1) is 0 Å². The maximum Gasteiger partial charge on any atom is 0.107 e. The molecule has 0 aromatic heterocycles. The highest BCUT2D eigenvalue weighted by Gasteiger charge is 1.86. The van der Waals surface area contributed by atoms with Gasteiger partial charge in [-0.05, 0) is 5.41 Å². The van der Waals surface area contributed by atoms with Crippen LogP contribution in [0.4, 0.5) is 0 Å². The molecule has 0 amide bonds. The van der Waals surface area contributed by atoms with Gasteiger partial charge in [0.25, 0.3) is 0 Å². The van der Waals surface area contributed by atoms with Crippen LogP contribution in [0.2, 0.25) is 0 Å². The van der Waals surface area contributed by atoms with Crippen molar-refractivity contribution >= 4 is 11.8 Å². The summed E-state index contributed by atoms with van der Waals surface area (Å²) in [6.07, 6.45) is 1.81. The van der Waals surface area contributed by atoms with Crippen LogP contribution in [0.1, 0.15) is 0 Å². The highest BCUT2D eigenvalue weighted by atomic mass is 32.2. The van der Waals surface area contributed by atoms with E-state index >= 15 is 0 Å². The van der Waals surface area contributed by atoms with Crippen LogP contribution in [0.25, 0.3) is 0 Å². The molecule has 1 aliphatic heterocycles. The van der Waals surface area contributed by atoms with Crippen LogP contribution in [-0.4, -0.2) is 0 Å². The van der Waals surface area contributed by atoms with E-state index in [0.717, 1.165) is 0 Å². The molecule has 38 valence electrons. The summed E-state index contributed by atoms with van der Waals surface area (Å²) in [6, 6.07) is 0. The van der Waals surface area contributed by atoms with E-state index < -0.39 is 0 Å². The van der Waals surface area contributed by atoms with E-state index in [4.69, 9.17) is 5.73 Å². The molecule has 7 heavy (non-hydrogen) atoms. The minimum absolute atomic E-state index is 0.715. The van der Waals surface area contributed by atoms with Crippen molar-refractivity contribution in [1.82, 2.24) is 5.32 Å². The number of nitrogens with two attached hydrogens (primary N) is 1. The SMILES string of the molecule is NC1=CSC=CN1. The highest BCUT2D eigenvalue weighted by molar-refractivity contribution is 8.04. The summed E-state index contributed by atoms with van der Waals surface area (Å²) in [5, 5.41) is 6.59. The molecule has 1 rings (SSSR count). The number of rotatable bonds is 0. The van der Waals surface area contributed by atoms with Crippen LogP contribution in [-0.2, 0) is 0 Å². The quantitative estimate of drug-likeness (QED) is 0.483. The summed E-state index contributed by atoms with van der Waals surface area (Å²) in [5.74, 6) is 0.715. The molecule has 0 saturated heterocycles. The highest BCUT2D eigenvalue weighted by Crippen LogP contribution is 2.07. The summed E-state index contributed by atoms with van der Waals surface area (Å²) in [7, 11) is 0. The van der Waals surface area contributed by atoms with Gasteiger partial charge >= 0.3 is 0 Å². The van der Waals surface area contributed by atoms with Crippen molar-refractivity contribution in [2.45, 2.75) is 0 Å². The molecule has 0 radical (unpaired) electrons. The zero-order chi connectivity index (χ0) is 5.11. The van der Waals surface area contributed by atoms with Gasteiger partial charge in [-0.1, -0.05) is 0 Å². The van der Waals surface area contributed by atoms with E-state index in [1.807, 2.05) is 10.8 Å². The van der Waals surface area contributed by atoms with Gasteiger partial charge in [0, 0.05) is 11.6 Å². The standard InChI is InChI=1S/C4H6N2S/c5-4-3-7-2-1-6-4/h1-3,6H,5H2. The van der Waals surface area contributed by atoms with Crippen molar-refractivity contribution in [3.05, 3.63) is 22.8 Å². The molecule has 0 spiro atoms. The molecular formula is C4H6N2S. The van der Waals surface area contributed by atoms with Gasteiger partial charge in [0.1, 0.15) is 5.82 Å². The molecule has 1 aliphatic rings. The monoisotopic (exact) mass is 114 g/mol. The third kappa shape index (κ3) is 1.16. The second kappa shape index (κ2) is 1.93. The lowest BCUT2D eigenvalue weighted by molar-refractivity contribution is 1.03. The lowest BCUT2D eigenvalue weighted by Crippen LogP contribution is -2.13. The van der Waals surface area contributed by atoms with Gasteiger partial charge in [0.15, 0.2) is 0 Å². The Hall–Kier alpha value is -0.570. The first-order valence-electron chi connectivity index (χ1n) is 1.92. The number of hydrogen-bond donors (Lipinski definition) is 2. The van der Waals surface area contributed by atoms with E-state index in [9.17, 15) is 0 Å². The van der Waals surface area contributed by atoms with Crippen LogP contribution in [0, 0.1) is 0 Å². The molecule has 0 atom stereocenters. The molecule has 0 unspecified atom stereocenters. The minimum atomic E-state index is 0.715. The first-order chi connectivity index (χ1) is 3.39. The van der Waals surface area contributed by atoms with Crippen LogP contribution in [0.5, 0.6) is 0 Å². The van der Waals surface area contributed by atoms with Gasteiger partial charge in [-0.3, -0.25) is 0 Å². The second-order valence-electron chi connectivity index (χ2n) is 1.16. The third-order valence-corrected chi connectivity index (χ3v) is 1.27. The molecule has 2 nitrogen and oxygen atoms in total. The molecule has 3 N–H and O–H groups in total. The zero-order valence-corrected chi connectivity index (χ0v) is 4.53. The lowest BCUT2D eigenvalue weighted by Gasteiger charge is -2.01.